The number of hydrogen-bond donors (Lipinski definition) is 2. The van der Waals surface area contributed by atoms with Crippen molar-refractivity contribution >= 4 is 17.2 Å². The molecule has 1 aromatic heterocycles. The molecule has 0 aliphatic heterocycles. The molecule has 1 amide bonds. The van der Waals surface area contributed by atoms with Gasteiger partial charge in [0.15, 0.2) is 5.01 Å². The third-order valence-corrected chi connectivity index (χ3v) is 3.39. The number of ether oxygens (including phenoxy) is 1. The van der Waals surface area contributed by atoms with Gasteiger partial charge in [-0.3, -0.25) is 15.1 Å². The van der Waals surface area contributed by atoms with Gasteiger partial charge in [-0.05, 0) is 5.92 Å². The van der Waals surface area contributed by atoms with Crippen molar-refractivity contribution in [2.75, 3.05) is 26.8 Å². The molecule has 0 fully saturated rings. The van der Waals surface area contributed by atoms with Crippen molar-refractivity contribution in [2.24, 2.45) is 11.8 Å². The Bertz CT molecular complexity index is 395. The summed E-state index contributed by atoms with van der Waals surface area (Å²) >= 11 is 1.31. The maximum atomic E-state index is 11.3. The maximum Gasteiger partial charge on any atom is 0.294 e. The quantitative estimate of drug-likeness (QED) is 0.421. The standard InChI is InChI=1S/C12H22N4O2S/c1-9(2)6-16(4-5-18-3)7-10-8-19-12(14-10)11(17)15-13/h8-9H,4-7,13H2,1-3H3,(H,15,17). The average molecular weight is 286 g/mol. The van der Waals surface area contributed by atoms with Gasteiger partial charge in [-0.25, -0.2) is 10.8 Å². The Morgan fingerprint density at radius 1 is 1.63 bits per heavy atom. The molecule has 0 aliphatic rings. The van der Waals surface area contributed by atoms with Crippen molar-refractivity contribution in [3.8, 4) is 0 Å². The number of aromatic nitrogens is 1. The molecule has 0 radical (unpaired) electrons. The Hall–Kier alpha value is -1.02. The fraction of sp³-hybridized carbons (Fsp3) is 0.667. The fourth-order valence-corrected chi connectivity index (χ4v) is 2.46. The molecule has 1 aromatic rings. The zero-order chi connectivity index (χ0) is 14.3. The molecule has 0 bridgehead atoms. The Labute approximate surface area is 117 Å². The van der Waals surface area contributed by atoms with E-state index in [1.54, 1.807) is 7.11 Å². The second-order valence-electron chi connectivity index (χ2n) is 4.74. The minimum absolute atomic E-state index is 0.344. The van der Waals surface area contributed by atoms with Crippen LogP contribution in [0.15, 0.2) is 5.38 Å². The third-order valence-electron chi connectivity index (χ3n) is 2.50. The van der Waals surface area contributed by atoms with E-state index in [0.717, 1.165) is 25.3 Å². The van der Waals surface area contributed by atoms with Crippen molar-refractivity contribution in [3.05, 3.63) is 16.1 Å². The van der Waals surface area contributed by atoms with Crippen LogP contribution in [0.3, 0.4) is 0 Å². The van der Waals surface area contributed by atoms with Crippen LogP contribution in [0.4, 0.5) is 0 Å². The maximum absolute atomic E-state index is 11.3. The first-order chi connectivity index (χ1) is 9.06. The van der Waals surface area contributed by atoms with Gasteiger partial charge in [0.05, 0.1) is 12.3 Å². The van der Waals surface area contributed by atoms with E-state index in [1.165, 1.54) is 11.3 Å². The number of hydrogen-bond acceptors (Lipinski definition) is 6. The van der Waals surface area contributed by atoms with E-state index in [4.69, 9.17) is 10.6 Å². The van der Waals surface area contributed by atoms with Crippen LogP contribution in [0.25, 0.3) is 0 Å². The number of nitrogens with one attached hydrogen (secondary N) is 1. The van der Waals surface area contributed by atoms with Crippen LogP contribution >= 0.6 is 11.3 Å². The van der Waals surface area contributed by atoms with E-state index in [1.807, 2.05) is 5.38 Å². The number of nitrogen functional groups attached to an aromatic ring is 1. The van der Waals surface area contributed by atoms with Gasteiger partial charge in [-0.2, -0.15) is 0 Å². The van der Waals surface area contributed by atoms with Crippen LogP contribution in [0.2, 0.25) is 0 Å². The monoisotopic (exact) mass is 286 g/mol. The third kappa shape index (κ3) is 5.65. The van der Waals surface area contributed by atoms with Crippen LogP contribution in [-0.2, 0) is 11.3 Å². The molecule has 6 nitrogen and oxygen atoms in total. The summed E-state index contributed by atoms with van der Waals surface area (Å²) in [7, 11) is 1.69. The molecule has 19 heavy (non-hydrogen) atoms. The smallest absolute Gasteiger partial charge is 0.294 e. The van der Waals surface area contributed by atoms with Crippen LogP contribution in [0.1, 0.15) is 29.3 Å². The summed E-state index contributed by atoms with van der Waals surface area (Å²) in [4.78, 5) is 17.9. The second-order valence-corrected chi connectivity index (χ2v) is 5.60. The molecule has 7 heteroatoms. The second kappa shape index (κ2) is 8.21. The molecule has 0 atom stereocenters. The Kier molecular flexibility index (Phi) is 6.93. The van der Waals surface area contributed by atoms with Gasteiger partial charge in [0.25, 0.3) is 5.91 Å². The summed E-state index contributed by atoms with van der Waals surface area (Å²) in [5.74, 6) is 5.31. The summed E-state index contributed by atoms with van der Waals surface area (Å²) < 4.78 is 5.11. The van der Waals surface area contributed by atoms with E-state index >= 15 is 0 Å². The van der Waals surface area contributed by atoms with Crippen LogP contribution in [-0.4, -0.2) is 42.6 Å². The van der Waals surface area contributed by atoms with Gasteiger partial charge in [0, 0.05) is 32.1 Å². The molecule has 108 valence electrons. The SMILES string of the molecule is COCCN(Cc1csc(C(=O)NN)n1)CC(C)C. The number of nitrogens with zero attached hydrogens (tertiary/aromatic N) is 2. The minimum Gasteiger partial charge on any atom is -0.383 e. The van der Waals surface area contributed by atoms with Gasteiger partial charge in [-0.15, -0.1) is 11.3 Å². The van der Waals surface area contributed by atoms with Crippen molar-refractivity contribution in [1.82, 2.24) is 15.3 Å². The first-order valence-corrected chi connectivity index (χ1v) is 7.11. The molecule has 1 heterocycles. The van der Waals surface area contributed by atoms with Crippen LogP contribution in [0, 0.1) is 5.92 Å². The highest BCUT2D eigenvalue weighted by Crippen LogP contribution is 2.12. The number of rotatable bonds is 8. The Balaban J connectivity index is 2.61. The number of carbonyl (C=O) groups excluding carboxylic acids is 1. The minimum atomic E-state index is -0.344. The largest absolute Gasteiger partial charge is 0.383 e. The summed E-state index contributed by atoms with van der Waals surface area (Å²) in [6.07, 6.45) is 0. The van der Waals surface area contributed by atoms with Gasteiger partial charge in [0.2, 0.25) is 0 Å². The first-order valence-electron chi connectivity index (χ1n) is 6.23. The Morgan fingerprint density at radius 2 is 2.37 bits per heavy atom. The lowest BCUT2D eigenvalue weighted by molar-refractivity contribution is 0.0952. The van der Waals surface area contributed by atoms with Crippen molar-refractivity contribution < 1.29 is 9.53 Å². The molecular formula is C12H22N4O2S. The molecule has 3 N–H and O–H groups in total. The zero-order valence-electron chi connectivity index (χ0n) is 11.7. The normalized spacial score (nSPS) is 11.3. The van der Waals surface area contributed by atoms with E-state index < -0.39 is 0 Å². The number of thiazole rings is 1. The number of methoxy groups -OCH3 is 1. The number of hydrazine groups is 1. The molecule has 0 aromatic carbocycles. The van der Waals surface area contributed by atoms with E-state index in [2.05, 4.69) is 29.2 Å². The highest BCUT2D eigenvalue weighted by Gasteiger charge is 2.13. The molecule has 0 spiro atoms. The lowest BCUT2D eigenvalue weighted by Crippen LogP contribution is -2.31. The summed E-state index contributed by atoms with van der Waals surface area (Å²) in [5, 5.41) is 2.29. The van der Waals surface area contributed by atoms with Gasteiger partial charge in [-0.1, -0.05) is 13.8 Å². The van der Waals surface area contributed by atoms with E-state index in [9.17, 15) is 4.79 Å². The highest BCUT2D eigenvalue weighted by molar-refractivity contribution is 7.11. The first kappa shape index (κ1) is 16.0. The van der Waals surface area contributed by atoms with Crippen LogP contribution < -0.4 is 11.3 Å². The topological polar surface area (TPSA) is 80.5 Å². The van der Waals surface area contributed by atoms with Crippen LogP contribution in [0.5, 0.6) is 0 Å². The predicted octanol–water partition coefficient (Wildman–Crippen LogP) is 0.851. The summed E-state index contributed by atoms with van der Waals surface area (Å²) in [5.41, 5.74) is 2.98. The number of amides is 1. The lowest BCUT2D eigenvalue weighted by atomic mass is 10.2. The fourth-order valence-electron chi connectivity index (χ4n) is 1.75. The number of nitrogens with two attached hydrogens (primary N) is 1. The highest BCUT2D eigenvalue weighted by atomic mass is 32.1. The summed E-state index contributed by atoms with van der Waals surface area (Å²) in [6.45, 7) is 7.58. The van der Waals surface area contributed by atoms with Crippen molar-refractivity contribution in [1.29, 1.82) is 0 Å². The van der Waals surface area contributed by atoms with E-state index in [0.29, 0.717) is 17.5 Å². The zero-order valence-corrected chi connectivity index (χ0v) is 12.5. The molecule has 0 saturated heterocycles. The molecule has 0 unspecified atom stereocenters. The average Bonchev–Trinajstić information content (AvgIpc) is 2.82. The molecule has 0 aliphatic carbocycles. The van der Waals surface area contributed by atoms with Gasteiger partial charge < -0.3 is 4.74 Å². The lowest BCUT2D eigenvalue weighted by Gasteiger charge is -2.22. The predicted molar refractivity (Wildman–Crippen MR) is 75.8 cm³/mol. The molecular weight excluding hydrogens is 264 g/mol. The number of carbonyl (C=O) groups is 1. The Morgan fingerprint density at radius 3 is 2.95 bits per heavy atom. The van der Waals surface area contributed by atoms with Crippen molar-refractivity contribution in [3.63, 3.8) is 0 Å². The van der Waals surface area contributed by atoms with Gasteiger partial charge in [0.1, 0.15) is 0 Å². The molecule has 1 rings (SSSR count). The van der Waals surface area contributed by atoms with E-state index in [-0.39, 0.29) is 5.91 Å². The molecule has 0 saturated carbocycles. The van der Waals surface area contributed by atoms with Crippen molar-refractivity contribution in [2.45, 2.75) is 20.4 Å². The van der Waals surface area contributed by atoms with Gasteiger partial charge >= 0.3 is 0 Å². The summed E-state index contributed by atoms with van der Waals surface area (Å²) in [6, 6.07) is 0.